The average Bonchev–Trinajstić information content (AvgIpc) is 2.89. The van der Waals surface area contributed by atoms with E-state index in [1.807, 2.05) is 24.3 Å². The molecule has 3 aromatic carbocycles. The Kier molecular flexibility index (Phi) is 7.83. The van der Waals surface area contributed by atoms with Crippen LogP contribution < -0.4 is 14.4 Å². The fourth-order valence-electron chi connectivity index (χ4n) is 4.50. The zero-order valence-electron chi connectivity index (χ0n) is 20.1. The van der Waals surface area contributed by atoms with E-state index in [0.717, 1.165) is 28.5 Å². The van der Waals surface area contributed by atoms with E-state index in [2.05, 4.69) is 19.2 Å². The SMILES string of the molecule is CCC1(CC)C[C@H](NC(=O)CN(c2cccc(Cl)c2Cl)S(=O)(=O)c2ccccc2)c2ccccc2O1. The molecule has 0 aliphatic carbocycles. The highest BCUT2D eigenvalue weighted by Gasteiger charge is 2.39. The lowest BCUT2D eigenvalue weighted by Gasteiger charge is -2.41. The van der Waals surface area contributed by atoms with Crippen molar-refractivity contribution in [3.05, 3.63) is 88.4 Å². The van der Waals surface area contributed by atoms with Crippen LogP contribution in [0.15, 0.2) is 77.7 Å². The number of nitrogens with zero attached hydrogens (tertiary/aromatic N) is 1. The molecule has 0 saturated carbocycles. The van der Waals surface area contributed by atoms with Crippen LogP contribution >= 0.6 is 23.2 Å². The number of carbonyl (C=O) groups is 1. The van der Waals surface area contributed by atoms with Crippen LogP contribution in [0.25, 0.3) is 0 Å². The summed E-state index contributed by atoms with van der Waals surface area (Å²) in [7, 11) is -4.12. The van der Waals surface area contributed by atoms with Gasteiger partial charge in [0.1, 0.15) is 17.9 Å². The molecule has 36 heavy (non-hydrogen) atoms. The number of hydrogen-bond acceptors (Lipinski definition) is 4. The quantitative estimate of drug-likeness (QED) is 0.355. The number of halogens is 2. The Bertz CT molecular complexity index is 1340. The summed E-state index contributed by atoms with van der Waals surface area (Å²) < 4.78 is 34.6. The number of ether oxygens (including phenoxy) is 1. The van der Waals surface area contributed by atoms with Gasteiger partial charge >= 0.3 is 0 Å². The van der Waals surface area contributed by atoms with E-state index in [1.165, 1.54) is 18.2 Å². The number of sulfonamides is 1. The van der Waals surface area contributed by atoms with Gasteiger partial charge in [-0.2, -0.15) is 0 Å². The van der Waals surface area contributed by atoms with Crippen LogP contribution in [0, 0.1) is 0 Å². The van der Waals surface area contributed by atoms with Crippen molar-refractivity contribution in [2.45, 2.75) is 49.6 Å². The Hall–Kier alpha value is -2.74. The van der Waals surface area contributed by atoms with E-state index >= 15 is 0 Å². The Morgan fingerprint density at radius 3 is 2.36 bits per heavy atom. The van der Waals surface area contributed by atoms with Crippen molar-refractivity contribution < 1.29 is 17.9 Å². The minimum atomic E-state index is -4.12. The lowest BCUT2D eigenvalue weighted by molar-refractivity contribution is -0.121. The second-order valence-electron chi connectivity index (χ2n) is 8.75. The van der Waals surface area contributed by atoms with Gasteiger partial charge in [-0.1, -0.05) is 79.5 Å². The highest BCUT2D eigenvalue weighted by Crippen LogP contribution is 2.43. The molecule has 1 N–H and O–H groups in total. The summed E-state index contributed by atoms with van der Waals surface area (Å²) in [4.78, 5) is 13.5. The molecule has 0 radical (unpaired) electrons. The van der Waals surface area contributed by atoms with Gasteiger partial charge < -0.3 is 10.1 Å². The monoisotopic (exact) mass is 546 g/mol. The van der Waals surface area contributed by atoms with Gasteiger partial charge in [-0.3, -0.25) is 9.10 Å². The molecular weight excluding hydrogens is 519 g/mol. The highest BCUT2D eigenvalue weighted by atomic mass is 35.5. The van der Waals surface area contributed by atoms with Gasteiger partial charge in [0.05, 0.1) is 26.7 Å². The van der Waals surface area contributed by atoms with Crippen molar-refractivity contribution in [1.29, 1.82) is 0 Å². The zero-order chi connectivity index (χ0) is 25.9. The Labute approximate surface area is 222 Å². The van der Waals surface area contributed by atoms with Crippen LogP contribution in [0.1, 0.15) is 44.7 Å². The summed E-state index contributed by atoms with van der Waals surface area (Å²) in [5.41, 5.74) is 0.576. The fraction of sp³-hybridized carbons (Fsp3) is 0.296. The number of rotatable bonds is 8. The zero-order valence-corrected chi connectivity index (χ0v) is 22.4. The molecule has 190 valence electrons. The van der Waals surface area contributed by atoms with Gasteiger partial charge in [-0.25, -0.2) is 8.42 Å². The van der Waals surface area contributed by atoms with E-state index in [1.54, 1.807) is 30.3 Å². The molecule has 0 aromatic heterocycles. The van der Waals surface area contributed by atoms with Gasteiger partial charge in [0.15, 0.2) is 0 Å². The summed E-state index contributed by atoms with van der Waals surface area (Å²) in [6.45, 7) is 3.65. The normalized spacial score (nSPS) is 16.5. The Morgan fingerprint density at radius 2 is 1.67 bits per heavy atom. The molecule has 1 heterocycles. The molecule has 1 aliphatic rings. The maximum atomic E-state index is 13.6. The fourth-order valence-corrected chi connectivity index (χ4v) is 6.41. The molecule has 0 unspecified atom stereocenters. The standard InChI is InChI=1S/C27H28Cl2N2O4S/c1-3-27(4-2)17-22(20-13-8-9-16-24(20)35-27)30-25(32)18-31(23-15-10-14-21(28)26(23)29)36(33,34)19-11-6-5-7-12-19/h5-16,22H,3-4,17-18H2,1-2H3,(H,30,32)/t22-/m0/s1. The van der Waals surface area contributed by atoms with Gasteiger partial charge in [0.2, 0.25) is 5.91 Å². The number of nitrogens with one attached hydrogen (secondary N) is 1. The molecule has 9 heteroatoms. The third kappa shape index (κ3) is 5.19. The molecule has 1 amide bonds. The van der Waals surface area contributed by atoms with Crippen molar-refractivity contribution >= 4 is 44.8 Å². The van der Waals surface area contributed by atoms with Crippen molar-refractivity contribution in [2.24, 2.45) is 0 Å². The number of fused-ring (bicyclic) bond motifs is 1. The molecule has 0 spiro atoms. The number of para-hydroxylation sites is 1. The first-order chi connectivity index (χ1) is 17.2. The van der Waals surface area contributed by atoms with E-state index in [-0.39, 0.29) is 26.7 Å². The summed E-state index contributed by atoms with van der Waals surface area (Å²) in [5.74, 6) is 0.262. The molecule has 0 saturated heterocycles. The molecular formula is C27H28Cl2N2O4S. The Morgan fingerprint density at radius 1 is 1.00 bits per heavy atom. The van der Waals surface area contributed by atoms with Crippen molar-refractivity contribution in [2.75, 3.05) is 10.8 Å². The van der Waals surface area contributed by atoms with E-state index in [4.69, 9.17) is 27.9 Å². The van der Waals surface area contributed by atoms with Crippen LogP contribution in [0.2, 0.25) is 10.0 Å². The van der Waals surface area contributed by atoms with Gasteiger partial charge in [0.25, 0.3) is 10.0 Å². The molecule has 3 aromatic rings. The number of amides is 1. The maximum Gasteiger partial charge on any atom is 0.264 e. The molecule has 1 aliphatic heterocycles. The van der Waals surface area contributed by atoms with Gasteiger partial charge in [-0.15, -0.1) is 0 Å². The van der Waals surface area contributed by atoms with Gasteiger partial charge in [-0.05, 0) is 43.2 Å². The summed E-state index contributed by atoms with van der Waals surface area (Å²) >= 11 is 12.6. The predicted octanol–water partition coefficient (Wildman–Crippen LogP) is 6.39. The predicted molar refractivity (Wildman–Crippen MR) is 143 cm³/mol. The molecule has 6 nitrogen and oxygen atoms in total. The smallest absolute Gasteiger partial charge is 0.264 e. The third-order valence-electron chi connectivity index (χ3n) is 6.64. The van der Waals surface area contributed by atoms with Crippen LogP contribution in [-0.4, -0.2) is 26.5 Å². The van der Waals surface area contributed by atoms with Crippen LogP contribution in [0.3, 0.4) is 0 Å². The van der Waals surface area contributed by atoms with Crippen LogP contribution in [-0.2, 0) is 14.8 Å². The summed E-state index contributed by atoms with van der Waals surface area (Å²) in [6, 6.07) is 19.9. The lowest BCUT2D eigenvalue weighted by Crippen LogP contribution is -2.47. The van der Waals surface area contributed by atoms with E-state index in [9.17, 15) is 13.2 Å². The average molecular weight is 548 g/mol. The number of carbonyl (C=O) groups excluding carboxylic acids is 1. The third-order valence-corrected chi connectivity index (χ3v) is 9.22. The highest BCUT2D eigenvalue weighted by molar-refractivity contribution is 7.92. The summed E-state index contributed by atoms with van der Waals surface area (Å²) in [6.07, 6.45) is 2.12. The van der Waals surface area contributed by atoms with Crippen molar-refractivity contribution in [3.8, 4) is 5.75 Å². The lowest BCUT2D eigenvalue weighted by atomic mass is 9.83. The first-order valence-electron chi connectivity index (χ1n) is 11.8. The Balaban J connectivity index is 1.68. The van der Waals surface area contributed by atoms with Crippen molar-refractivity contribution in [3.63, 3.8) is 0 Å². The molecule has 0 bridgehead atoms. The molecule has 4 rings (SSSR count). The largest absolute Gasteiger partial charge is 0.487 e. The first-order valence-corrected chi connectivity index (χ1v) is 14.0. The minimum absolute atomic E-state index is 0.0428. The molecule has 0 fully saturated rings. The second kappa shape index (κ2) is 10.7. The first kappa shape index (κ1) is 26.3. The number of benzene rings is 3. The number of hydrogen-bond donors (Lipinski definition) is 1. The van der Waals surface area contributed by atoms with Crippen LogP contribution in [0.5, 0.6) is 5.75 Å². The van der Waals surface area contributed by atoms with Crippen LogP contribution in [0.4, 0.5) is 5.69 Å². The van der Waals surface area contributed by atoms with E-state index in [0.29, 0.717) is 6.42 Å². The maximum absolute atomic E-state index is 13.6. The minimum Gasteiger partial charge on any atom is -0.487 e. The van der Waals surface area contributed by atoms with E-state index < -0.39 is 28.1 Å². The van der Waals surface area contributed by atoms with Gasteiger partial charge in [0, 0.05) is 12.0 Å². The topological polar surface area (TPSA) is 75.7 Å². The summed E-state index contributed by atoms with van der Waals surface area (Å²) in [5, 5.41) is 3.30. The molecule has 1 atom stereocenters. The van der Waals surface area contributed by atoms with Crippen molar-refractivity contribution in [1.82, 2.24) is 5.32 Å². The second-order valence-corrected chi connectivity index (χ2v) is 11.4. The number of anilines is 1.